The number of carbonyl (C=O) groups excluding carboxylic acids is 3. The number of hydrogen-bond acceptors (Lipinski definition) is 5. The lowest BCUT2D eigenvalue weighted by molar-refractivity contribution is -0.119. The van der Waals surface area contributed by atoms with Crippen LogP contribution in [0.1, 0.15) is 33.7 Å². The van der Waals surface area contributed by atoms with Crippen molar-refractivity contribution in [2.75, 3.05) is 11.9 Å². The van der Waals surface area contributed by atoms with Gasteiger partial charge in [-0.2, -0.15) is 0 Å². The molecular weight excluding hydrogens is 322 g/mol. The molecule has 0 aliphatic heterocycles. The molecule has 2 aromatic rings. The number of benzene rings is 1. The number of hydrogen-bond donors (Lipinski definition) is 2. The molecule has 1 aromatic carbocycles. The van der Waals surface area contributed by atoms with E-state index in [4.69, 9.17) is 4.74 Å². The first-order chi connectivity index (χ1) is 12.1. The molecule has 1 aliphatic carbocycles. The first-order valence-electron chi connectivity index (χ1n) is 7.91. The number of rotatable bonds is 6. The maximum atomic E-state index is 12.2. The summed E-state index contributed by atoms with van der Waals surface area (Å²) in [6.45, 7) is -0.464. The molecule has 1 saturated carbocycles. The van der Waals surface area contributed by atoms with Gasteiger partial charge >= 0.3 is 5.97 Å². The summed E-state index contributed by atoms with van der Waals surface area (Å²) in [6.07, 6.45) is 3.42. The number of amides is 2. The Morgan fingerprint density at radius 2 is 1.84 bits per heavy atom. The van der Waals surface area contributed by atoms with Crippen LogP contribution in [0.25, 0.3) is 0 Å². The largest absolute Gasteiger partial charge is 0.451 e. The van der Waals surface area contributed by atoms with E-state index in [0.29, 0.717) is 11.3 Å². The Labute approximate surface area is 144 Å². The minimum atomic E-state index is -0.685. The summed E-state index contributed by atoms with van der Waals surface area (Å²) in [7, 11) is 0. The van der Waals surface area contributed by atoms with Crippen LogP contribution in [-0.4, -0.2) is 35.4 Å². The SMILES string of the molecule is O=C(COC(=O)c1ccccn1)Nc1ccccc1C(=O)NC1CC1. The Morgan fingerprint density at radius 1 is 1.08 bits per heavy atom. The van der Waals surface area contributed by atoms with Gasteiger partial charge in [-0.25, -0.2) is 9.78 Å². The van der Waals surface area contributed by atoms with Crippen molar-refractivity contribution in [1.82, 2.24) is 10.3 Å². The average molecular weight is 339 g/mol. The summed E-state index contributed by atoms with van der Waals surface area (Å²) in [4.78, 5) is 39.8. The van der Waals surface area contributed by atoms with Crippen molar-refractivity contribution in [3.8, 4) is 0 Å². The number of carbonyl (C=O) groups is 3. The first-order valence-corrected chi connectivity index (χ1v) is 7.91. The predicted octanol–water partition coefficient (Wildman–Crippen LogP) is 1.77. The first kappa shape index (κ1) is 16.6. The fourth-order valence-electron chi connectivity index (χ4n) is 2.16. The van der Waals surface area contributed by atoms with Crippen molar-refractivity contribution in [2.24, 2.45) is 0 Å². The summed E-state index contributed by atoms with van der Waals surface area (Å²) < 4.78 is 4.92. The number of para-hydroxylation sites is 1. The highest BCUT2D eigenvalue weighted by Crippen LogP contribution is 2.21. The van der Waals surface area contributed by atoms with E-state index in [-0.39, 0.29) is 17.6 Å². The molecule has 0 atom stereocenters. The van der Waals surface area contributed by atoms with Gasteiger partial charge in [-0.1, -0.05) is 18.2 Å². The summed E-state index contributed by atoms with van der Waals surface area (Å²) in [5, 5.41) is 5.47. The molecule has 7 heteroatoms. The Hall–Kier alpha value is -3.22. The zero-order valence-corrected chi connectivity index (χ0v) is 13.4. The molecule has 1 aromatic heterocycles. The number of nitrogens with zero attached hydrogens (tertiary/aromatic N) is 1. The van der Waals surface area contributed by atoms with Crippen LogP contribution in [0.2, 0.25) is 0 Å². The van der Waals surface area contributed by atoms with Gasteiger partial charge in [-0.15, -0.1) is 0 Å². The topological polar surface area (TPSA) is 97.4 Å². The van der Waals surface area contributed by atoms with Gasteiger partial charge in [-0.3, -0.25) is 9.59 Å². The van der Waals surface area contributed by atoms with E-state index in [1.54, 1.807) is 36.4 Å². The van der Waals surface area contributed by atoms with E-state index in [0.717, 1.165) is 12.8 Å². The molecule has 0 bridgehead atoms. The van der Waals surface area contributed by atoms with Crippen LogP contribution in [-0.2, 0) is 9.53 Å². The highest BCUT2D eigenvalue weighted by Gasteiger charge is 2.25. The van der Waals surface area contributed by atoms with Crippen molar-refractivity contribution < 1.29 is 19.1 Å². The van der Waals surface area contributed by atoms with Gasteiger partial charge in [0.25, 0.3) is 11.8 Å². The van der Waals surface area contributed by atoms with Crippen LogP contribution in [0, 0.1) is 0 Å². The van der Waals surface area contributed by atoms with E-state index < -0.39 is 18.5 Å². The summed E-state index contributed by atoms with van der Waals surface area (Å²) in [5.74, 6) is -1.45. The summed E-state index contributed by atoms with van der Waals surface area (Å²) in [6, 6.07) is 11.7. The third-order valence-electron chi connectivity index (χ3n) is 3.57. The molecule has 2 amide bonds. The molecule has 1 fully saturated rings. The number of aromatic nitrogens is 1. The second-order valence-corrected chi connectivity index (χ2v) is 5.63. The number of nitrogens with one attached hydrogen (secondary N) is 2. The van der Waals surface area contributed by atoms with Crippen LogP contribution in [0.15, 0.2) is 48.7 Å². The van der Waals surface area contributed by atoms with Gasteiger partial charge < -0.3 is 15.4 Å². The fourth-order valence-corrected chi connectivity index (χ4v) is 2.16. The smallest absolute Gasteiger partial charge is 0.357 e. The van der Waals surface area contributed by atoms with Crippen molar-refractivity contribution in [2.45, 2.75) is 18.9 Å². The lowest BCUT2D eigenvalue weighted by Crippen LogP contribution is -2.28. The van der Waals surface area contributed by atoms with E-state index in [1.807, 2.05) is 0 Å². The van der Waals surface area contributed by atoms with Crippen LogP contribution in [0.3, 0.4) is 0 Å². The lowest BCUT2D eigenvalue weighted by atomic mass is 10.1. The molecule has 7 nitrogen and oxygen atoms in total. The minimum absolute atomic E-state index is 0.125. The van der Waals surface area contributed by atoms with Crippen LogP contribution < -0.4 is 10.6 Å². The molecule has 1 aliphatic rings. The van der Waals surface area contributed by atoms with E-state index >= 15 is 0 Å². The molecule has 3 rings (SSSR count). The molecule has 1 heterocycles. The van der Waals surface area contributed by atoms with Gasteiger partial charge in [0.15, 0.2) is 6.61 Å². The molecular formula is C18H17N3O4. The molecule has 128 valence electrons. The predicted molar refractivity (Wildman–Crippen MR) is 90.1 cm³/mol. The van der Waals surface area contributed by atoms with Gasteiger partial charge in [0.1, 0.15) is 5.69 Å². The maximum absolute atomic E-state index is 12.2. The second-order valence-electron chi connectivity index (χ2n) is 5.63. The second kappa shape index (κ2) is 7.57. The third kappa shape index (κ3) is 4.63. The number of ether oxygens (including phenoxy) is 1. The summed E-state index contributed by atoms with van der Waals surface area (Å²) in [5.41, 5.74) is 0.873. The van der Waals surface area contributed by atoms with E-state index in [9.17, 15) is 14.4 Å². The van der Waals surface area contributed by atoms with Gasteiger partial charge in [0.05, 0.1) is 11.3 Å². The lowest BCUT2D eigenvalue weighted by Gasteiger charge is -2.11. The Kier molecular flexibility index (Phi) is 5.03. The van der Waals surface area contributed by atoms with Gasteiger partial charge in [0.2, 0.25) is 0 Å². The molecule has 0 unspecified atom stereocenters. The standard InChI is InChI=1S/C18H17N3O4/c22-16(11-25-18(24)15-7-3-4-10-19-15)21-14-6-2-1-5-13(14)17(23)20-12-8-9-12/h1-7,10,12H,8-9,11H2,(H,20,23)(H,21,22). The average Bonchev–Trinajstić information content (AvgIpc) is 3.45. The van der Waals surface area contributed by atoms with Crippen molar-refractivity contribution in [1.29, 1.82) is 0 Å². The van der Waals surface area contributed by atoms with Crippen molar-refractivity contribution in [3.63, 3.8) is 0 Å². The number of anilines is 1. The molecule has 0 spiro atoms. The van der Waals surface area contributed by atoms with E-state index in [1.165, 1.54) is 12.3 Å². The van der Waals surface area contributed by atoms with Crippen LogP contribution in [0.5, 0.6) is 0 Å². The molecule has 25 heavy (non-hydrogen) atoms. The summed E-state index contributed by atoms with van der Waals surface area (Å²) >= 11 is 0. The Balaban J connectivity index is 1.57. The quantitative estimate of drug-likeness (QED) is 0.782. The van der Waals surface area contributed by atoms with E-state index in [2.05, 4.69) is 15.6 Å². The van der Waals surface area contributed by atoms with Crippen LogP contribution in [0.4, 0.5) is 5.69 Å². The van der Waals surface area contributed by atoms with Gasteiger partial charge in [-0.05, 0) is 37.1 Å². The number of pyridine rings is 1. The highest BCUT2D eigenvalue weighted by molar-refractivity contribution is 6.04. The highest BCUT2D eigenvalue weighted by atomic mass is 16.5. The normalized spacial score (nSPS) is 13.0. The van der Waals surface area contributed by atoms with Crippen molar-refractivity contribution >= 4 is 23.5 Å². The number of esters is 1. The molecule has 0 saturated heterocycles. The molecule has 2 N–H and O–H groups in total. The third-order valence-corrected chi connectivity index (χ3v) is 3.57. The fraction of sp³-hybridized carbons (Fsp3) is 0.222. The maximum Gasteiger partial charge on any atom is 0.357 e. The Bertz CT molecular complexity index is 788. The zero-order valence-electron chi connectivity index (χ0n) is 13.4. The molecule has 0 radical (unpaired) electrons. The monoisotopic (exact) mass is 339 g/mol. The van der Waals surface area contributed by atoms with Crippen molar-refractivity contribution in [3.05, 3.63) is 59.9 Å². The zero-order chi connectivity index (χ0) is 17.6. The Morgan fingerprint density at radius 3 is 2.56 bits per heavy atom. The van der Waals surface area contributed by atoms with Gasteiger partial charge in [0, 0.05) is 12.2 Å². The van der Waals surface area contributed by atoms with Crippen LogP contribution >= 0.6 is 0 Å². The minimum Gasteiger partial charge on any atom is -0.451 e.